The predicted octanol–water partition coefficient (Wildman–Crippen LogP) is 2.49. The molecule has 0 saturated carbocycles. The molecular weight excluding hydrogens is 306 g/mol. The van der Waals surface area contributed by atoms with Crippen molar-refractivity contribution < 1.29 is 9.53 Å². The second kappa shape index (κ2) is 6.91. The van der Waals surface area contributed by atoms with Crippen molar-refractivity contribution in [1.82, 2.24) is 25.5 Å². The zero-order valence-corrected chi connectivity index (χ0v) is 13.4. The number of tetrazole rings is 1. The van der Waals surface area contributed by atoms with E-state index in [2.05, 4.69) is 20.8 Å². The summed E-state index contributed by atoms with van der Waals surface area (Å²) in [6, 6.07) is 16.1. The number of aryl methyl sites for hydroxylation is 1. The highest BCUT2D eigenvalue weighted by Crippen LogP contribution is 2.22. The molecule has 0 aliphatic heterocycles. The molecule has 24 heavy (non-hydrogen) atoms. The van der Waals surface area contributed by atoms with Crippen LogP contribution in [0.1, 0.15) is 29.1 Å². The summed E-state index contributed by atoms with van der Waals surface area (Å²) in [6.45, 7) is 1.83. The van der Waals surface area contributed by atoms with Gasteiger partial charge in [-0.15, -0.1) is 5.10 Å². The van der Waals surface area contributed by atoms with Crippen molar-refractivity contribution in [1.29, 1.82) is 0 Å². The van der Waals surface area contributed by atoms with Crippen LogP contribution in [0, 0.1) is 0 Å². The van der Waals surface area contributed by atoms with E-state index in [1.165, 1.54) is 4.68 Å². The van der Waals surface area contributed by atoms with Crippen molar-refractivity contribution in [2.75, 3.05) is 0 Å². The van der Waals surface area contributed by atoms with Gasteiger partial charge in [-0.1, -0.05) is 24.3 Å². The summed E-state index contributed by atoms with van der Waals surface area (Å²) in [7, 11) is 1.73. The SMILES string of the molecule is CC(NC(=O)c1cccc(Oc2ccccc2)c1)c1nnnn1C. The second-order valence-corrected chi connectivity index (χ2v) is 5.30. The average molecular weight is 323 g/mol. The number of carbonyl (C=O) groups excluding carboxylic acids is 1. The van der Waals surface area contributed by atoms with Crippen LogP contribution in [-0.2, 0) is 7.05 Å². The molecule has 0 saturated heterocycles. The molecule has 0 spiro atoms. The fourth-order valence-electron chi connectivity index (χ4n) is 2.27. The average Bonchev–Trinajstić information content (AvgIpc) is 3.02. The Kier molecular flexibility index (Phi) is 4.51. The highest BCUT2D eigenvalue weighted by molar-refractivity contribution is 5.94. The van der Waals surface area contributed by atoms with Gasteiger partial charge in [0.2, 0.25) is 0 Å². The van der Waals surface area contributed by atoms with Gasteiger partial charge in [0, 0.05) is 12.6 Å². The minimum absolute atomic E-state index is 0.219. The zero-order chi connectivity index (χ0) is 16.9. The standard InChI is InChI=1S/C17H17N5O2/c1-12(16-19-20-21-22(16)2)18-17(23)13-7-6-10-15(11-13)24-14-8-4-3-5-9-14/h3-12H,1-2H3,(H,18,23). The van der Waals surface area contributed by atoms with Gasteiger partial charge in [0.1, 0.15) is 11.5 Å². The van der Waals surface area contributed by atoms with Gasteiger partial charge < -0.3 is 10.1 Å². The van der Waals surface area contributed by atoms with Crippen molar-refractivity contribution in [2.45, 2.75) is 13.0 Å². The van der Waals surface area contributed by atoms with E-state index in [9.17, 15) is 4.79 Å². The Bertz CT molecular complexity index is 832. The van der Waals surface area contributed by atoms with E-state index < -0.39 is 0 Å². The van der Waals surface area contributed by atoms with Gasteiger partial charge in [-0.05, 0) is 47.7 Å². The number of hydrogen-bond donors (Lipinski definition) is 1. The molecule has 1 N–H and O–H groups in total. The zero-order valence-electron chi connectivity index (χ0n) is 13.4. The molecule has 0 fully saturated rings. The van der Waals surface area contributed by atoms with Crippen LogP contribution < -0.4 is 10.1 Å². The van der Waals surface area contributed by atoms with E-state index in [-0.39, 0.29) is 11.9 Å². The Balaban J connectivity index is 1.71. The van der Waals surface area contributed by atoms with Crippen LogP contribution in [0.4, 0.5) is 0 Å². The van der Waals surface area contributed by atoms with E-state index in [4.69, 9.17) is 4.74 Å². The highest BCUT2D eigenvalue weighted by Gasteiger charge is 2.16. The molecule has 122 valence electrons. The first-order valence-electron chi connectivity index (χ1n) is 7.49. The lowest BCUT2D eigenvalue weighted by Gasteiger charge is -2.13. The number of para-hydroxylation sites is 1. The molecule has 0 bridgehead atoms. The van der Waals surface area contributed by atoms with E-state index in [1.54, 1.807) is 31.3 Å². The van der Waals surface area contributed by atoms with Crippen LogP contribution in [0.5, 0.6) is 11.5 Å². The van der Waals surface area contributed by atoms with Crippen molar-refractivity contribution >= 4 is 5.91 Å². The molecule has 2 aromatic carbocycles. The largest absolute Gasteiger partial charge is 0.457 e. The molecule has 0 radical (unpaired) electrons. The maximum atomic E-state index is 12.4. The number of rotatable bonds is 5. The van der Waals surface area contributed by atoms with E-state index in [1.807, 2.05) is 37.3 Å². The Hall–Kier alpha value is -3.22. The number of nitrogens with zero attached hydrogens (tertiary/aromatic N) is 4. The second-order valence-electron chi connectivity index (χ2n) is 5.30. The normalized spacial score (nSPS) is 11.8. The quantitative estimate of drug-likeness (QED) is 0.780. The number of carbonyl (C=O) groups is 1. The maximum Gasteiger partial charge on any atom is 0.251 e. The summed E-state index contributed by atoms with van der Waals surface area (Å²) >= 11 is 0. The van der Waals surface area contributed by atoms with Crippen molar-refractivity contribution in [3.8, 4) is 11.5 Å². The van der Waals surface area contributed by atoms with Crippen molar-refractivity contribution in [2.24, 2.45) is 7.05 Å². The Morgan fingerprint density at radius 2 is 1.88 bits per heavy atom. The number of aromatic nitrogens is 4. The van der Waals surface area contributed by atoms with Gasteiger partial charge in [0.15, 0.2) is 5.82 Å². The van der Waals surface area contributed by atoms with E-state index >= 15 is 0 Å². The molecular formula is C17H17N5O2. The first-order chi connectivity index (χ1) is 11.6. The van der Waals surface area contributed by atoms with Gasteiger partial charge in [0.25, 0.3) is 5.91 Å². The first kappa shape index (κ1) is 15.7. The lowest BCUT2D eigenvalue weighted by Crippen LogP contribution is -2.28. The van der Waals surface area contributed by atoms with Crippen LogP contribution in [0.3, 0.4) is 0 Å². The Morgan fingerprint density at radius 3 is 2.58 bits per heavy atom. The van der Waals surface area contributed by atoms with Gasteiger partial charge in [-0.2, -0.15) is 0 Å². The lowest BCUT2D eigenvalue weighted by molar-refractivity contribution is 0.0937. The number of ether oxygens (including phenoxy) is 1. The summed E-state index contributed by atoms with van der Waals surface area (Å²) < 4.78 is 7.28. The van der Waals surface area contributed by atoms with Crippen LogP contribution >= 0.6 is 0 Å². The summed E-state index contributed by atoms with van der Waals surface area (Å²) in [5, 5.41) is 14.1. The topological polar surface area (TPSA) is 81.9 Å². The fraction of sp³-hybridized carbons (Fsp3) is 0.176. The smallest absolute Gasteiger partial charge is 0.251 e. The van der Waals surface area contributed by atoms with E-state index in [0.29, 0.717) is 22.9 Å². The molecule has 7 heteroatoms. The van der Waals surface area contributed by atoms with Gasteiger partial charge >= 0.3 is 0 Å². The van der Waals surface area contributed by atoms with Crippen molar-refractivity contribution in [3.63, 3.8) is 0 Å². The fourth-order valence-corrected chi connectivity index (χ4v) is 2.27. The van der Waals surface area contributed by atoms with Gasteiger partial charge in [-0.3, -0.25) is 4.79 Å². The van der Waals surface area contributed by atoms with Crippen LogP contribution in [0.2, 0.25) is 0 Å². The highest BCUT2D eigenvalue weighted by atomic mass is 16.5. The summed E-state index contributed by atoms with van der Waals surface area (Å²) in [4.78, 5) is 12.4. The molecule has 1 amide bonds. The van der Waals surface area contributed by atoms with E-state index in [0.717, 1.165) is 0 Å². The van der Waals surface area contributed by atoms with Crippen molar-refractivity contribution in [3.05, 3.63) is 66.0 Å². The molecule has 3 aromatic rings. The molecule has 3 rings (SSSR count). The number of benzene rings is 2. The third-order valence-electron chi connectivity index (χ3n) is 3.46. The van der Waals surface area contributed by atoms with Crippen LogP contribution in [0.15, 0.2) is 54.6 Å². The van der Waals surface area contributed by atoms with Gasteiger partial charge in [0.05, 0.1) is 6.04 Å². The van der Waals surface area contributed by atoms with Gasteiger partial charge in [-0.25, -0.2) is 4.68 Å². The third-order valence-corrected chi connectivity index (χ3v) is 3.46. The molecule has 0 aliphatic carbocycles. The van der Waals surface area contributed by atoms with Crippen LogP contribution in [0.25, 0.3) is 0 Å². The lowest BCUT2D eigenvalue weighted by atomic mass is 10.2. The minimum atomic E-state index is -0.309. The maximum absolute atomic E-state index is 12.4. The van der Waals surface area contributed by atoms with Crippen LogP contribution in [-0.4, -0.2) is 26.1 Å². The minimum Gasteiger partial charge on any atom is -0.457 e. The number of hydrogen-bond acceptors (Lipinski definition) is 5. The summed E-state index contributed by atoms with van der Waals surface area (Å²) in [5.74, 6) is 1.68. The molecule has 1 atom stereocenters. The first-order valence-corrected chi connectivity index (χ1v) is 7.49. The Morgan fingerprint density at radius 1 is 1.12 bits per heavy atom. The monoisotopic (exact) mass is 323 g/mol. The predicted molar refractivity (Wildman–Crippen MR) is 87.6 cm³/mol. The summed E-state index contributed by atoms with van der Waals surface area (Å²) in [6.07, 6.45) is 0. The third kappa shape index (κ3) is 3.57. The molecule has 1 unspecified atom stereocenters. The number of amides is 1. The molecule has 7 nitrogen and oxygen atoms in total. The molecule has 0 aliphatic rings. The molecule has 1 heterocycles. The summed E-state index contributed by atoms with van der Waals surface area (Å²) in [5.41, 5.74) is 0.505. The Labute approximate surface area is 139 Å². The molecule has 1 aromatic heterocycles. The number of nitrogens with one attached hydrogen (secondary N) is 1.